The lowest BCUT2D eigenvalue weighted by Gasteiger charge is -2.09. The van der Waals surface area contributed by atoms with Crippen molar-refractivity contribution in [2.75, 3.05) is 7.11 Å². The van der Waals surface area contributed by atoms with E-state index < -0.39 is 5.91 Å². The summed E-state index contributed by atoms with van der Waals surface area (Å²) in [5.74, 6) is 0.267. The Kier molecular flexibility index (Phi) is 4.51. The van der Waals surface area contributed by atoms with Crippen molar-refractivity contribution < 1.29 is 14.7 Å². The molecule has 1 amide bonds. The summed E-state index contributed by atoms with van der Waals surface area (Å²) in [5, 5.41) is 14.6. The van der Waals surface area contributed by atoms with Crippen LogP contribution in [0.3, 0.4) is 0 Å². The van der Waals surface area contributed by atoms with Gasteiger partial charge in [-0.25, -0.2) is 0 Å². The maximum absolute atomic E-state index is 11.7. The predicted molar refractivity (Wildman–Crippen MR) is 64.6 cm³/mol. The van der Waals surface area contributed by atoms with Crippen molar-refractivity contribution in [3.05, 3.63) is 29.8 Å². The number of benzene rings is 1. The average Bonchev–Trinajstić information content (AvgIpc) is 2.30. The summed E-state index contributed by atoms with van der Waals surface area (Å²) < 4.78 is 5.00. The van der Waals surface area contributed by atoms with Crippen LogP contribution < -0.4 is 10.1 Å². The lowest BCUT2D eigenvalue weighted by atomic mass is 10.1. The number of hydrogen-bond donors (Lipinski definition) is 2. The molecule has 1 rings (SSSR count). The van der Waals surface area contributed by atoms with Crippen LogP contribution in [-0.2, 0) is 4.79 Å². The van der Waals surface area contributed by atoms with Crippen LogP contribution in [0.5, 0.6) is 5.75 Å². The van der Waals surface area contributed by atoms with Gasteiger partial charge in [0.15, 0.2) is 5.71 Å². The predicted octanol–water partition coefficient (Wildman–Crippen LogP) is 1.40. The van der Waals surface area contributed by atoms with E-state index in [2.05, 4.69) is 10.5 Å². The molecule has 5 nitrogen and oxygen atoms in total. The fourth-order valence-electron chi connectivity index (χ4n) is 1.31. The number of methoxy groups -OCH3 is 1. The molecule has 0 fully saturated rings. The molecule has 0 bridgehead atoms. The van der Waals surface area contributed by atoms with Gasteiger partial charge in [-0.1, -0.05) is 5.16 Å². The number of nitrogens with one attached hydrogen (secondary N) is 1. The summed E-state index contributed by atoms with van der Waals surface area (Å²) in [5.41, 5.74) is 0.521. The Hall–Kier alpha value is -2.04. The summed E-state index contributed by atoms with van der Waals surface area (Å²) >= 11 is 0. The zero-order valence-electron chi connectivity index (χ0n) is 10.1. The molecule has 0 spiro atoms. The zero-order chi connectivity index (χ0) is 12.8. The molecule has 0 atom stereocenters. The van der Waals surface area contributed by atoms with E-state index >= 15 is 0 Å². The maximum Gasteiger partial charge on any atom is 0.274 e. The first kappa shape index (κ1) is 13.0. The van der Waals surface area contributed by atoms with Crippen LogP contribution in [0, 0.1) is 0 Å². The highest BCUT2D eigenvalue weighted by Gasteiger charge is 2.15. The Balaban J connectivity index is 2.90. The Morgan fingerprint density at radius 2 is 1.94 bits per heavy atom. The van der Waals surface area contributed by atoms with Crippen LogP contribution in [0.2, 0.25) is 0 Å². The number of ether oxygens (including phenoxy) is 1. The van der Waals surface area contributed by atoms with Gasteiger partial charge >= 0.3 is 0 Å². The molecule has 0 aliphatic carbocycles. The molecule has 0 unspecified atom stereocenters. The Morgan fingerprint density at radius 1 is 1.35 bits per heavy atom. The van der Waals surface area contributed by atoms with Crippen molar-refractivity contribution in [3.8, 4) is 5.75 Å². The number of amides is 1. The molecule has 92 valence electrons. The topological polar surface area (TPSA) is 70.9 Å². The quantitative estimate of drug-likeness (QED) is 0.471. The van der Waals surface area contributed by atoms with Crippen molar-refractivity contribution in [1.29, 1.82) is 0 Å². The second-order valence-corrected chi connectivity index (χ2v) is 3.81. The molecule has 0 aromatic heterocycles. The average molecular weight is 236 g/mol. The fourth-order valence-corrected chi connectivity index (χ4v) is 1.31. The van der Waals surface area contributed by atoms with Gasteiger partial charge in [-0.15, -0.1) is 0 Å². The van der Waals surface area contributed by atoms with Crippen molar-refractivity contribution in [3.63, 3.8) is 0 Å². The summed E-state index contributed by atoms with van der Waals surface area (Å²) in [7, 11) is 1.56. The molecule has 0 radical (unpaired) electrons. The number of nitrogens with zero attached hydrogens (tertiary/aromatic N) is 1. The zero-order valence-corrected chi connectivity index (χ0v) is 10.1. The second kappa shape index (κ2) is 5.89. The minimum Gasteiger partial charge on any atom is -0.497 e. The molecule has 0 aliphatic rings. The van der Waals surface area contributed by atoms with Crippen molar-refractivity contribution in [2.24, 2.45) is 5.16 Å². The third kappa shape index (κ3) is 3.48. The second-order valence-electron chi connectivity index (χ2n) is 3.81. The highest BCUT2D eigenvalue weighted by atomic mass is 16.5. The Labute approximate surface area is 100 Å². The van der Waals surface area contributed by atoms with E-state index in [1.807, 2.05) is 13.8 Å². The van der Waals surface area contributed by atoms with Crippen LogP contribution in [0.15, 0.2) is 29.4 Å². The summed E-state index contributed by atoms with van der Waals surface area (Å²) in [6.07, 6.45) is 0. The van der Waals surface area contributed by atoms with Crippen molar-refractivity contribution in [2.45, 2.75) is 19.9 Å². The van der Waals surface area contributed by atoms with Gasteiger partial charge in [-0.2, -0.15) is 0 Å². The first-order valence-electron chi connectivity index (χ1n) is 5.25. The van der Waals surface area contributed by atoms with E-state index in [0.717, 1.165) is 0 Å². The van der Waals surface area contributed by atoms with Crippen LogP contribution in [0.25, 0.3) is 0 Å². The maximum atomic E-state index is 11.7. The minimum atomic E-state index is -0.410. The highest BCUT2D eigenvalue weighted by molar-refractivity contribution is 6.45. The molecule has 0 saturated heterocycles. The van der Waals surface area contributed by atoms with Gasteiger partial charge in [0, 0.05) is 11.6 Å². The molecule has 17 heavy (non-hydrogen) atoms. The van der Waals surface area contributed by atoms with Gasteiger partial charge in [-0.3, -0.25) is 4.79 Å². The highest BCUT2D eigenvalue weighted by Crippen LogP contribution is 2.12. The summed E-state index contributed by atoms with van der Waals surface area (Å²) in [6, 6.07) is 6.70. The minimum absolute atomic E-state index is 0.0126. The molecule has 5 heteroatoms. The first-order chi connectivity index (χ1) is 8.08. The number of carbonyl (C=O) groups excluding carboxylic acids is 1. The summed E-state index contributed by atoms with van der Waals surface area (Å²) in [4.78, 5) is 11.7. The van der Waals surface area contributed by atoms with Gasteiger partial charge in [0.1, 0.15) is 5.75 Å². The van der Waals surface area contributed by atoms with Gasteiger partial charge in [-0.05, 0) is 38.1 Å². The lowest BCUT2D eigenvalue weighted by molar-refractivity contribution is -0.115. The standard InChI is InChI=1S/C12H16N2O3/c1-8(2)13-12(15)11(14-16)9-4-6-10(17-3)7-5-9/h4-8,16H,1-3H3,(H,13,15)/b14-11+. The first-order valence-corrected chi connectivity index (χ1v) is 5.25. The van der Waals surface area contributed by atoms with E-state index in [4.69, 9.17) is 9.94 Å². The SMILES string of the molecule is COc1ccc(/C(=N\O)C(=O)NC(C)C)cc1. The van der Waals surface area contributed by atoms with Crippen LogP contribution >= 0.6 is 0 Å². The smallest absolute Gasteiger partial charge is 0.274 e. The monoisotopic (exact) mass is 236 g/mol. The Bertz CT molecular complexity index is 410. The number of rotatable bonds is 4. The van der Waals surface area contributed by atoms with Crippen molar-refractivity contribution >= 4 is 11.6 Å². The third-order valence-electron chi connectivity index (χ3n) is 2.10. The van der Waals surface area contributed by atoms with E-state index in [1.165, 1.54) is 0 Å². The largest absolute Gasteiger partial charge is 0.497 e. The molecular formula is C12H16N2O3. The molecule has 1 aromatic rings. The van der Waals surface area contributed by atoms with Crippen LogP contribution in [0.4, 0.5) is 0 Å². The van der Waals surface area contributed by atoms with Gasteiger partial charge in [0.2, 0.25) is 0 Å². The molecule has 0 heterocycles. The van der Waals surface area contributed by atoms with Gasteiger partial charge in [0.05, 0.1) is 7.11 Å². The number of hydrogen-bond acceptors (Lipinski definition) is 4. The van der Waals surface area contributed by atoms with Crippen LogP contribution in [0.1, 0.15) is 19.4 Å². The van der Waals surface area contributed by atoms with Crippen molar-refractivity contribution in [1.82, 2.24) is 5.32 Å². The number of oxime groups is 1. The van der Waals surface area contributed by atoms with Gasteiger partial charge < -0.3 is 15.3 Å². The van der Waals surface area contributed by atoms with E-state index in [-0.39, 0.29) is 11.8 Å². The molecule has 2 N–H and O–H groups in total. The number of carbonyl (C=O) groups is 1. The fraction of sp³-hybridized carbons (Fsp3) is 0.333. The summed E-state index contributed by atoms with van der Waals surface area (Å²) in [6.45, 7) is 3.67. The van der Waals surface area contributed by atoms with E-state index in [0.29, 0.717) is 11.3 Å². The Morgan fingerprint density at radius 3 is 2.35 bits per heavy atom. The van der Waals surface area contributed by atoms with E-state index in [9.17, 15) is 4.79 Å². The van der Waals surface area contributed by atoms with E-state index in [1.54, 1.807) is 31.4 Å². The lowest BCUT2D eigenvalue weighted by Crippen LogP contribution is -2.36. The molecular weight excluding hydrogens is 220 g/mol. The third-order valence-corrected chi connectivity index (χ3v) is 2.10. The molecule has 0 aliphatic heterocycles. The normalized spacial score (nSPS) is 11.4. The molecule has 1 aromatic carbocycles. The van der Waals surface area contributed by atoms with Gasteiger partial charge in [0.25, 0.3) is 5.91 Å². The molecule has 0 saturated carbocycles. The van der Waals surface area contributed by atoms with Crippen LogP contribution in [-0.4, -0.2) is 30.0 Å².